The third kappa shape index (κ3) is 3.06. The summed E-state index contributed by atoms with van der Waals surface area (Å²) in [6, 6.07) is 4.29. The highest BCUT2D eigenvalue weighted by molar-refractivity contribution is 9.10. The largest absolute Gasteiger partial charge is 0.476 e. The number of benzene rings is 1. The fourth-order valence-electron chi connectivity index (χ4n) is 1.77. The van der Waals surface area contributed by atoms with E-state index in [1.807, 2.05) is 0 Å². The first-order valence-corrected chi connectivity index (χ1v) is 6.52. The van der Waals surface area contributed by atoms with Crippen molar-refractivity contribution in [1.29, 1.82) is 0 Å². The first kappa shape index (κ1) is 15.1. The van der Waals surface area contributed by atoms with Crippen molar-refractivity contribution in [2.75, 3.05) is 0 Å². The topological polar surface area (TPSA) is 137 Å². The number of non-ortho nitro benzene ring substituents is 1. The molecule has 110 valence electrons. The number of nitrogens with zero attached hydrogens (tertiary/aromatic N) is 4. The van der Waals surface area contributed by atoms with Gasteiger partial charge < -0.3 is 10.8 Å². The molecule has 9 nitrogen and oxygen atoms in total. The Bertz CT molecular complexity index is 715. The minimum atomic E-state index is -1.20. The van der Waals surface area contributed by atoms with Crippen LogP contribution in [0.5, 0.6) is 0 Å². The van der Waals surface area contributed by atoms with Crippen molar-refractivity contribution in [3.05, 3.63) is 49.7 Å². The maximum atomic E-state index is 11.0. The Morgan fingerprint density at radius 3 is 2.76 bits per heavy atom. The summed E-state index contributed by atoms with van der Waals surface area (Å²) in [7, 11) is 0. The summed E-state index contributed by atoms with van der Waals surface area (Å²) < 4.78 is 1.88. The Hall–Kier alpha value is -2.33. The van der Waals surface area contributed by atoms with Gasteiger partial charge in [0.25, 0.3) is 5.69 Å². The Morgan fingerprint density at radius 1 is 1.52 bits per heavy atom. The van der Waals surface area contributed by atoms with E-state index in [9.17, 15) is 14.9 Å². The van der Waals surface area contributed by atoms with Crippen LogP contribution < -0.4 is 5.73 Å². The molecule has 0 unspecified atom stereocenters. The molecule has 0 bridgehead atoms. The highest BCUT2D eigenvalue weighted by Gasteiger charge is 2.18. The van der Waals surface area contributed by atoms with Crippen LogP contribution in [0.2, 0.25) is 0 Å². The lowest BCUT2D eigenvalue weighted by Gasteiger charge is -2.07. The number of rotatable bonds is 5. The van der Waals surface area contributed by atoms with Gasteiger partial charge in [0.2, 0.25) is 0 Å². The number of aromatic carboxylic acids is 1. The molecule has 0 aliphatic heterocycles. The first-order chi connectivity index (χ1) is 9.93. The van der Waals surface area contributed by atoms with Crippen molar-refractivity contribution in [2.45, 2.75) is 13.1 Å². The molecule has 1 aromatic carbocycles. The molecule has 3 N–H and O–H groups in total. The monoisotopic (exact) mass is 355 g/mol. The molecule has 10 heteroatoms. The van der Waals surface area contributed by atoms with Crippen molar-refractivity contribution in [3.8, 4) is 0 Å². The van der Waals surface area contributed by atoms with Gasteiger partial charge in [0.05, 0.1) is 17.2 Å². The zero-order valence-corrected chi connectivity index (χ0v) is 12.1. The molecule has 1 aromatic heterocycles. The molecule has 0 amide bonds. The fraction of sp³-hybridized carbons (Fsp3) is 0.182. The Morgan fingerprint density at radius 2 is 2.24 bits per heavy atom. The second kappa shape index (κ2) is 5.97. The van der Waals surface area contributed by atoms with Crippen LogP contribution in [0.4, 0.5) is 5.69 Å². The van der Waals surface area contributed by atoms with Gasteiger partial charge in [-0.25, -0.2) is 9.48 Å². The zero-order valence-electron chi connectivity index (χ0n) is 10.6. The van der Waals surface area contributed by atoms with Crippen LogP contribution in [0.1, 0.15) is 21.7 Å². The van der Waals surface area contributed by atoms with Crippen LogP contribution >= 0.6 is 15.9 Å². The number of halogens is 1. The van der Waals surface area contributed by atoms with Gasteiger partial charge in [-0.1, -0.05) is 21.1 Å². The van der Waals surface area contributed by atoms with Crippen LogP contribution in [-0.4, -0.2) is 31.0 Å². The van der Waals surface area contributed by atoms with Gasteiger partial charge in [0.1, 0.15) is 0 Å². The molecule has 21 heavy (non-hydrogen) atoms. The van der Waals surface area contributed by atoms with Crippen LogP contribution in [0.25, 0.3) is 0 Å². The quantitative estimate of drug-likeness (QED) is 0.605. The van der Waals surface area contributed by atoms with Crippen molar-refractivity contribution in [2.24, 2.45) is 5.73 Å². The Kier molecular flexibility index (Phi) is 4.29. The Labute approximate surface area is 126 Å². The van der Waals surface area contributed by atoms with Gasteiger partial charge in [-0.15, -0.1) is 5.10 Å². The average molecular weight is 356 g/mol. The number of aromatic nitrogens is 3. The predicted molar refractivity (Wildman–Crippen MR) is 74.8 cm³/mol. The zero-order chi connectivity index (χ0) is 15.6. The second-order valence-corrected chi connectivity index (χ2v) is 4.94. The lowest BCUT2D eigenvalue weighted by molar-refractivity contribution is -0.384. The SMILES string of the molecule is NCc1c(C(=O)O)nnn1Cc1ccc([N+](=O)[O-])cc1Br. The molecule has 0 radical (unpaired) electrons. The van der Waals surface area contributed by atoms with Gasteiger partial charge in [-0.05, 0) is 11.6 Å². The number of carboxylic acid groups (broad SMARTS) is 1. The number of nitro benzene ring substituents is 1. The van der Waals surface area contributed by atoms with Gasteiger partial charge >= 0.3 is 5.97 Å². The number of hydrogen-bond acceptors (Lipinski definition) is 6. The van der Waals surface area contributed by atoms with Crippen LogP contribution in [0.15, 0.2) is 22.7 Å². The number of hydrogen-bond donors (Lipinski definition) is 2. The normalized spacial score (nSPS) is 10.6. The first-order valence-electron chi connectivity index (χ1n) is 5.72. The highest BCUT2D eigenvalue weighted by atomic mass is 79.9. The molecule has 2 rings (SSSR count). The summed E-state index contributed by atoms with van der Waals surface area (Å²) in [5.74, 6) is -1.20. The molecular formula is C11H10BrN5O4. The minimum Gasteiger partial charge on any atom is -0.476 e. The molecule has 0 aliphatic rings. The van der Waals surface area contributed by atoms with Crippen molar-refractivity contribution >= 4 is 27.6 Å². The lowest BCUT2D eigenvalue weighted by atomic mass is 10.2. The Balaban J connectivity index is 2.34. The van der Waals surface area contributed by atoms with Gasteiger partial charge in [0.15, 0.2) is 5.69 Å². The molecule has 0 atom stereocenters. The molecule has 0 saturated carbocycles. The highest BCUT2D eigenvalue weighted by Crippen LogP contribution is 2.24. The van der Waals surface area contributed by atoms with E-state index in [1.165, 1.54) is 16.8 Å². The number of nitrogens with two attached hydrogens (primary N) is 1. The molecule has 1 heterocycles. The molecule has 0 fully saturated rings. The summed E-state index contributed by atoms with van der Waals surface area (Å²) in [6.07, 6.45) is 0. The van der Waals surface area contributed by atoms with Crippen LogP contribution in [0, 0.1) is 10.1 Å². The van der Waals surface area contributed by atoms with E-state index in [0.29, 0.717) is 10.0 Å². The second-order valence-electron chi connectivity index (χ2n) is 4.08. The summed E-state index contributed by atoms with van der Waals surface area (Å²) in [6.45, 7) is 0.171. The van der Waals surface area contributed by atoms with Gasteiger partial charge in [-0.2, -0.15) is 0 Å². The standard InChI is InChI=1S/C11H10BrN5O4/c12-8-3-7(17(20)21)2-1-6(8)5-16-9(4-13)10(11(18)19)14-15-16/h1-3H,4-5,13H2,(H,18,19). The minimum absolute atomic E-state index is 0.0285. The maximum Gasteiger partial charge on any atom is 0.358 e. The number of nitro groups is 1. The van der Waals surface area contributed by atoms with E-state index in [0.717, 1.165) is 0 Å². The van der Waals surface area contributed by atoms with E-state index >= 15 is 0 Å². The summed E-state index contributed by atoms with van der Waals surface area (Å²) >= 11 is 3.24. The molecular weight excluding hydrogens is 346 g/mol. The summed E-state index contributed by atoms with van der Waals surface area (Å²) in [5, 5.41) is 27.0. The maximum absolute atomic E-state index is 11.0. The van der Waals surface area contributed by atoms with Crippen molar-refractivity contribution < 1.29 is 14.8 Å². The van der Waals surface area contributed by atoms with Gasteiger partial charge in [0, 0.05) is 23.2 Å². The van der Waals surface area contributed by atoms with E-state index in [4.69, 9.17) is 10.8 Å². The lowest BCUT2D eigenvalue weighted by Crippen LogP contribution is -2.13. The third-order valence-electron chi connectivity index (χ3n) is 2.80. The third-order valence-corrected chi connectivity index (χ3v) is 3.54. The predicted octanol–water partition coefficient (Wildman–Crippen LogP) is 1.15. The van der Waals surface area contributed by atoms with E-state index < -0.39 is 10.9 Å². The van der Waals surface area contributed by atoms with E-state index in [1.54, 1.807) is 6.07 Å². The summed E-state index contributed by atoms with van der Waals surface area (Å²) in [5.41, 5.74) is 6.26. The smallest absolute Gasteiger partial charge is 0.358 e. The van der Waals surface area contributed by atoms with Gasteiger partial charge in [-0.3, -0.25) is 10.1 Å². The summed E-state index contributed by atoms with van der Waals surface area (Å²) in [4.78, 5) is 21.2. The van der Waals surface area contributed by atoms with Crippen molar-refractivity contribution in [1.82, 2.24) is 15.0 Å². The van der Waals surface area contributed by atoms with E-state index in [2.05, 4.69) is 26.2 Å². The average Bonchev–Trinajstić information content (AvgIpc) is 2.83. The molecule has 2 aromatic rings. The number of carbonyl (C=O) groups is 1. The molecule has 0 aliphatic carbocycles. The molecule has 0 saturated heterocycles. The number of carboxylic acids is 1. The van der Waals surface area contributed by atoms with Crippen LogP contribution in [-0.2, 0) is 13.1 Å². The van der Waals surface area contributed by atoms with E-state index in [-0.39, 0.29) is 30.2 Å². The van der Waals surface area contributed by atoms with Crippen molar-refractivity contribution in [3.63, 3.8) is 0 Å². The van der Waals surface area contributed by atoms with Crippen LogP contribution in [0.3, 0.4) is 0 Å². The molecule has 0 spiro atoms. The fourth-order valence-corrected chi connectivity index (χ4v) is 2.26.